The molecule has 2 amide bonds. The minimum Gasteiger partial charge on any atom is -0.329 e. The summed E-state index contributed by atoms with van der Waals surface area (Å²) in [4.78, 5) is 15.0. The Bertz CT molecular complexity index is 422. The number of carbonyl (C=O) groups is 1. The molecule has 1 aromatic heterocycles. The molecule has 17 heavy (non-hydrogen) atoms. The van der Waals surface area contributed by atoms with Gasteiger partial charge in [0.25, 0.3) is 0 Å². The quantitative estimate of drug-likeness (QED) is 0.882. The highest BCUT2D eigenvalue weighted by molar-refractivity contribution is 9.10. The van der Waals surface area contributed by atoms with Crippen molar-refractivity contribution in [2.75, 3.05) is 11.9 Å². The molecule has 1 aromatic rings. The Morgan fingerprint density at radius 1 is 1.53 bits per heavy atom. The standard InChI is InChI=1S/C9H9BrF3N3O/c1-5-2-6(10)3-14-7(5)16-8(17)15-4-9(11,12)13/h2-3H,4H2,1H3,(H2,14,15,16,17). The molecule has 1 heterocycles. The van der Waals surface area contributed by atoms with Crippen LogP contribution in [0.15, 0.2) is 16.7 Å². The summed E-state index contributed by atoms with van der Waals surface area (Å²) >= 11 is 3.18. The topological polar surface area (TPSA) is 54.0 Å². The SMILES string of the molecule is Cc1cc(Br)cnc1NC(=O)NCC(F)(F)F. The van der Waals surface area contributed by atoms with Gasteiger partial charge in [-0.1, -0.05) is 0 Å². The Kier molecular flexibility index (Phi) is 4.33. The van der Waals surface area contributed by atoms with Gasteiger partial charge in [-0.25, -0.2) is 9.78 Å². The van der Waals surface area contributed by atoms with Crippen LogP contribution in [0.5, 0.6) is 0 Å². The van der Waals surface area contributed by atoms with Gasteiger partial charge in [0.05, 0.1) is 0 Å². The van der Waals surface area contributed by atoms with Crippen LogP contribution in [0.3, 0.4) is 0 Å². The van der Waals surface area contributed by atoms with E-state index >= 15 is 0 Å². The number of hydrogen-bond acceptors (Lipinski definition) is 2. The maximum absolute atomic E-state index is 11.8. The number of anilines is 1. The number of urea groups is 1. The lowest BCUT2D eigenvalue weighted by Gasteiger charge is -2.10. The lowest BCUT2D eigenvalue weighted by molar-refractivity contribution is -0.122. The molecule has 0 aromatic carbocycles. The van der Waals surface area contributed by atoms with Crippen molar-refractivity contribution in [2.24, 2.45) is 0 Å². The number of amides is 2. The fourth-order valence-corrected chi connectivity index (χ4v) is 1.45. The number of rotatable bonds is 2. The maximum Gasteiger partial charge on any atom is 0.405 e. The molecule has 8 heteroatoms. The highest BCUT2D eigenvalue weighted by Gasteiger charge is 2.27. The summed E-state index contributed by atoms with van der Waals surface area (Å²) in [7, 11) is 0. The van der Waals surface area contributed by atoms with E-state index in [9.17, 15) is 18.0 Å². The highest BCUT2D eigenvalue weighted by atomic mass is 79.9. The van der Waals surface area contributed by atoms with Crippen LogP contribution >= 0.6 is 15.9 Å². The summed E-state index contributed by atoms with van der Waals surface area (Å²) in [6.45, 7) is 0.297. The summed E-state index contributed by atoms with van der Waals surface area (Å²) < 4.78 is 36.2. The molecule has 0 unspecified atom stereocenters. The normalized spacial score (nSPS) is 11.1. The first-order valence-corrected chi connectivity index (χ1v) is 5.31. The third kappa shape index (κ3) is 5.03. The number of halogens is 4. The van der Waals surface area contributed by atoms with E-state index in [1.807, 2.05) is 0 Å². The average Bonchev–Trinajstić information content (AvgIpc) is 2.18. The van der Waals surface area contributed by atoms with Crippen molar-refractivity contribution in [1.29, 1.82) is 0 Å². The fourth-order valence-electron chi connectivity index (χ4n) is 1.00. The molecule has 0 saturated heterocycles. The summed E-state index contributed by atoms with van der Waals surface area (Å²) in [5.74, 6) is 0.216. The van der Waals surface area contributed by atoms with Crippen LogP contribution in [-0.2, 0) is 0 Å². The molecule has 0 aliphatic rings. The van der Waals surface area contributed by atoms with Crippen molar-refractivity contribution >= 4 is 27.8 Å². The van der Waals surface area contributed by atoms with Crippen LogP contribution in [0.1, 0.15) is 5.56 Å². The van der Waals surface area contributed by atoms with Gasteiger partial charge in [0.1, 0.15) is 12.4 Å². The number of pyridine rings is 1. The minimum absolute atomic E-state index is 0.216. The van der Waals surface area contributed by atoms with E-state index in [1.165, 1.54) is 6.20 Å². The number of hydrogen-bond donors (Lipinski definition) is 2. The van der Waals surface area contributed by atoms with Crippen LogP contribution in [0.2, 0.25) is 0 Å². The number of nitrogens with one attached hydrogen (secondary N) is 2. The van der Waals surface area contributed by atoms with Gasteiger partial charge < -0.3 is 5.32 Å². The largest absolute Gasteiger partial charge is 0.405 e. The lowest BCUT2D eigenvalue weighted by atomic mass is 10.3. The summed E-state index contributed by atoms with van der Waals surface area (Å²) in [6, 6.07) is 0.743. The average molecular weight is 312 g/mol. The van der Waals surface area contributed by atoms with Crippen molar-refractivity contribution in [2.45, 2.75) is 13.1 Å². The van der Waals surface area contributed by atoms with Crippen molar-refractivity contribution in [3.8, 4) is 0 Å². The smallest absolute Gasteiger partial charge is 0.329 e. The number of aromatic nitrogens is 1. The Labute approximate surface area is 104 Å². The van der Waals surface area contributed by atoms with E-state index in [0.29, 0.717) is 5.56 Å². The van der Waals surface area contributed by atoms with E-state index in [2.05, 4.69) is 26.2 Å². The van der Waals surface area contributed by atoms with E-state index < -0.39 is 18.8 Å². The van der Waals surface area contributed by atoms with Gasteiger partial charge in [0.2, 0.25) is 0 Å². The van der Waals surface area contributed by atoms with E-state index in [1.54, 1.807) is 18.3 Å². The Balaban J connectivity index is 2.57. The van der Waals surface area contributed by atoms with Crippen LogP contribution in [0, 0.1) is 6.92 Å². The van der Waals surface area contributed by atoms with E-state index in [4.69, 9.17) is 0 Å². The maximum atomic E-state index is 11.8. The molecule has 0 spiro atoms. The first-order valence-electron chi connectivity index (χ1n) is 4.51. The molecule has 0 aliphatic carbocycles. The summed E-state index contributed by atoms with van der Waals surface area (Å²) in [5, 5.41) is 3.91. The molecule has 0 radical (unpaired) electrons. The fraction of sp³-hybridized carbons (Fsp3) is 0.333. The van der Waals surface area contributed by atoms with Crippen molar-refractivity contribution in [1.82, 2.24) is 10.3 Å². The molecule has 1 rings (SSSR count). The van der Waals surface area contributed by atoms with E-state index in [-0.39, 0.29) is 5.82 Å². The number of alkyl halides is 3. The predicted octanol–water partition coefficient (Wildman–Crippen LogP) is 2.84. The number of nitrogens with zero attached hydrogens (tertiary/aromatic N) is 1. The predicted molar refractivity (Wildman–Crippen MR) is 59.8 cm³/mol. The first kappa shape index (κ1) is 13.8. The lowest BCUT2D eigenvalue weighted by Crippen LogP contribution is -2.36. The van der Waals surface area contributed by atoms with Gasteiger partial charge in [0, 0.05) is 10.7 Å². The third-order valence-electron chi connectivity index (χ3n) is 1.73. The molecule has 94 valence electrons. The van der Waals surface area contributed by atoms with Crippen molar-refractivity contribution < 1.29 is 18.0 Å². The van der Waals surface area contributed by atoms with Gasteiger partial charge in [-0.15, -0.1) is 0 Å². The molecular weight excluding hydrogens is 303 g/mol. The zero-order chi connectivity index (χ0) is 13.1. The highest BCUT2D eigenvalue weighted by Crippen LogP contribution is 2.17. The molecular formula is C9H9BrF3N3O. The monoisotopic (exact) mass is 311 g/mol. The Morgan fingerprint density at radius 2 is 2.18 bits per heavy atom. The van der Waals surface area contributed by atoms with Crippen LogP contribution < -0.4 is 10.6 Å². The molecule has 4 nitrogen and oxygen atoms in total. The number of carbonyl (C=O) groups excluding carboxylic acids is 1. The van der Waals surface area contributed by atoms with Gasteiger partial charge in [-0.2, -0.15) is 13.2 Å². The second kappa shape index (κ2) is 5.35. The van der Waals surface area contributed by atoms with Crippen LogP contribution in [-0.4, -0.2) is 23.7 Å². The molecule has 0 fully saturated rings. The van der Waals surface area contributed by atoms with Gasteiger partial charge in [-0.05, 0) is 34.5 Å². The van der Waals surface area contributed by atoms with Crippen molar-refractivity contribution in [3.05, 3.63) is 22.3 Å². The second-order valence-electron chi connectivity index (χ2n) is 3.24. The number of aryl methyl sites for hydroxylation is 1. The van der Waals surface area contributed by atoms with Crippen molar-refractivity contribution in [3.63, 3.8) is 0 Å². The summed E-state index contributed by atoms with van der Waals surface area (Å²) in [5.41, 5.74) is 0.640. The van der Waals surface area contributed by atoms with Gasteiger partial charge in [0.15, 0.2) is 0 Å². The summed E-state index contributed by atoms with van der Waals surface area (Å²) in [6.07, 6.45) is -2.99. The second-order valence-corrected chi connectivity index (χ2v) is 4.16. The molecule has 2 N–H and O–H groups in total. The molecule has 0 aliphatic heterocycles. The van der Waals surface area contributed by atoms with Crippen LogP contribution in [0.25, 0.3) is 0 Å². The Hall–Kier alpha value is -1.31. The first-order chi connectivity index (χ1) is 7.78. The molecule has 0 saturated carbocycles. The Morgan fingerprint density at radius 3 is 2.71 bits per heavy atom. The zero-order valence-electron chi connectivity index (χ0n) is 8.73. The van der Waals surface area contributed by atoms with Gasteiger partial charge >= 0.3 is 12.2 Å². The van der Waals surface area contributed by atoms with E-state index in [0.717, 1.165) is 4.47 Å². The minimum atomic E-state index is -4.43. The van der Waals surface area contributed by atoms with Gasteiger partial charge in [-0.3, -0.25) is 5.32 Å². The molecule has 0 bridgehead atoms. The molecule has 0 atom stereocenters. The third-order valence-corrected chi connectivity index (χ3v) is 2.16. The zero-order valence-corrected chi connectivity index (χ0v) is 10.3. The van der Waals surface area contributed by atoms with Crippen LogP contribution in [0.4, 0.5) is 23.8 Å².